The Balaban J connectivity index is 3.10. The summed E-state index contributed by atoms with van der Waals surface area (Å²) in [6.07, 6.45) is 1.65. The third-order valence-electron chi connectivity index (χ3n) is 2.16. The zero-order valence-electron chi connectivity index (χ0n) is 9.50. The van der Waals surface area contributed by atoms with E-state index in [1.807, 2.05) is 19.1 Å². The summed E-state index contributed by atoms with van der Waals surface area (Å²) in [5, 5.41) is 0. The first-order valence-corrected chi connectivity index (χ1v) is 5.77. The molecule has 16 heavy (non-hydrogen) atoms. The number of rotatable bonds is 5. The Bertz CT molecular complexity index is 380. The van der Waals surface area contributed by atoms with Crippen LogP contribution >= 0.6 is 15.9 Å². The van der Waals surface area contributed by atoms with Crippen molar-refractivity contribution in [3.63, 3.8) is 0 Å². The van der Waals surface area contributed by atoms with Gasteiger partial charge in [-0.15, -0.1) is 0 Å². The lowest BCUT2D eigenvalue weighted by molar-refractivity contribution is 0.252. The van der Waals surface area contributed by atoms with Crippen molar-refractivity contribution in [1.82, 2.24) is 0 Å². The molecular weight excluding hydrogens is 270 g/mol. The lowest BCUT2D eigenvalue weighted by atomic mass is 10.2. The topological polar surface area (TPSA) is 44.5 Å². The first kappa shape index (κ1) is 13.1. The molecule has 1 aromatic rings. The summed E-state index contributed by atoms with van der Waals surface area (Å²) < 4.78 is 11.8. The van der Waals surface area contributed by atoms with Gasteiger partial charge in [-0.25, -0.2) is 0 Å². The van der Waals surface area contributed by atoms with E-state index in [4.69, 9.17) is 15.2 Å². The van der Waals surface area contributed by atoms with Gasteiger partial charge in [0, 0.05) is 6.54 Å². The van der Waals surface area contributed by atoms with Gasteiger partial charge >= 0.3 is 0 Å². The monoisotopic (exact) mass is 285 g/mol. The van der Waals surface area contributed by atoms with Crippen molar-refractivity contribution in [2.45, 2.75) is 19.6 Å². The van der Waals surface area contributed by atoms with Crippen molar-refractivity contribution in [2.24, 2.45) is 5.73 Å². The maximum atomic E-state index is 5.69. The zero-order valence-corrected chi connectivity index (χ0v) is 11.1. The molecule has 0 fully saturated rings. The number of methoxy groups -OCH3 is 1. The summed E-state index contributed by atoms with van der Waals surface area (Å²) in [5.41, 5.74) is 6.57. The van der Waals surface area contributed by atoms with Crippen molar-refractivity contribution in [1.29, 1.82) is 0 Å². The molecule has 0 aliphatic carbocycles. The van der Waals surface area contributed by atoms with Crippen molar-refractivity contribution in [3.8, 4) is 11.5 Å². The summed E-state index contributed by atoms with van der Waals surface area (Å²) in [6, 6.07) is 3.80. The van der Waals surface area contributed by atoms with Gasteiger partial charge in [0.1, 0.15) is 6.10 Å². The van der Waals surface area contributed by atoms with Gasteiger partial charge in [0.25, 0.3) is 0 Å². The third-order valence-corrected chi connectivity index (χ3v) is 2.75. The van der Waals surface area contributed by atoms with Gasteiger partial charge in [-0.2, -0.15) is 0 Å². The Morgan fingerprint density at radius 1 is 1.56 bits per heavy atom. The van der Waals surface area contributed by atoms with Crippen LogP contribution in [0.5, 0.6) is 11.5 Å². The zero-order chi connectivity index (χ0) is 12.1. The number of halogens is 1. The van der Waals surface area contributed by atoms with Crippen LogP contribution in [0.15, 0.2) is 29.3 Å². The number of hydrogen-bond acceptors (Lipinski definition) is 3. The minimum absolute atomic E-state index is 0.0751. The number of nitrogens with two attached hydrogens (primary N) is 1. The number of ether oxygens (including phenoxy) is 2. The average Bonchev–Trinajstić information content (AvgIpc) is 2.30. The molecular formula is C12H16BrNO2. The average molecular weight is 286 g/mol. The summed E-state index contributed by atoms with van der Waals surface area (Å²) >= 11 is 3.44. The molecule has 0 aromatic heterocycles. The van der Waals surface area contributed by atoms with Gasteiger partial charge in [0.2, 0.25) is 0 Å². The van der Waals surface area contributed by atoms with Crippen LogP contribution in [0, 0.1) is 0 Å². The highest BCUT2D eigenvalue weighted by Crippen LogP contribution is 2.37. The molecule has 0 heterocycles. The maximum Gasteiger partial charge on any atom is 0.176 e. The molecule has 0 radical (unpaired) electrons. The molecule has 0 spiro atoms. The van der Waals surface area contributed by atoms with E-state index in [2.05, 4.69) is 22.5 Å². The smallest absolute Gasteiger partial charge is 0.176 e. The number of hydrogen-bond donors (Lipinski definition) is 1. The standard InChI is InChI=1S/C12H16BrNO2/c1-4-8(2)16-12-10(13)5-9(7-14)6-11(12)15-3/h4-6,8H,1,7,14H2,2-3H3. The van der Waals surface area contributed by atoms with Crippen LogP contribution in [-0.4, -0.2) is 13.2 Å². The SMILES string of the molecule is C=CC(C)Oc1c(Br)cc(CN)cc1OC. The molecule has 1 aromatic carbocycles. The summed E-state index contributed by atoms with van der Waals surface area (Å²) in [4.78, 5) is 0. The van der Waals surface area contributed by atoms with E-state index in [1.165, 1.54) is 0 Å². The van der Waals surface area contributed by atoms with E-state index in [1.54, 1.807) is 13.2 Å². The molecule has 1 rings (SSSR count). The molecule has 0 saturated carbocycles. The van der Waals surface area contributed by atoms with Crippen LogP contribution in [0.2, 0.25) is 0 Å². The first-order valence-electron chi connectivity index (χ1n) is 4.98. The molecule has 1 atom stereocenters. The third kappa shape index (κ3) is 3.00. The molecule has 0 aliphatic heterocycles. The Morgan fingerprint density at radius 2 is 2.25 bits per heavy atom. The quantitative estimate of drug-likeness (QED) is 0.846. The minimum atomic E-state index is -0.0751. The fourth-order valence-electron chi connectivity index (χ4n) is 1.24. The van der Waals surface area contributed by atoms with E-state index in [9.17, 15) is 0 Å². The van der Waals surface area contributed by atoms with Gasteiger partial charge in [-0.05, 0) is 40.5 Å². The van der Waals surface area contributed by atoms with E-state index >= 15 is 0 Å². The predicted octanol–water partition coefficient (Wildman–Crippen LogP) is 2.87. The highest BCUT2D eigenvalue weighted by Gasteiger charge is 2.12. The Kier molecular flexibility index (Phi) is 4.83. The van der Waals surface area contributed by atoms with E-state index < -0.39 is 0 Å². The van der Waals surface area contributed by atoms with Crippen molar-refractivity contribution in [2.75, 3.05) is 7.11 Å². The fraction of sp³-hybridized carbons (Fsp3) is 0.333. The van der Waals surface area contributed by atoms with Crippen LogP contribution < -0.4 is 15.2 Å². The fourth-order valence-corrected chi connectivity index (χ4v) is 1.82. The molecule has 2 N–H and O–H groups in total. The maximum absolute atomic E-state index is 5.69. The van der Waals surface area contributed by atoms with Crippen molar-refractivity contribution < 1.29 is 9.47 Å². The molecule has 1 unspecified atom stereocenters. The second-order valence-corrected chi connectivity index (χ2v) is 4.23. The molecule has 0 saturated heterocycles. The minimum Gasteiger partial charge on any atom is -0.493 e. The van der Waals surface area contributed by atoms with Crippen LogP contribution in [0.4, 0.5) is 0 Å². The first-order chi connectivity index (χ1) is 7.62. The second-order valence-electron chi connectivity index (χ2n) is 3.37. The Hall–Kier alpha value is -1.00. The van der Waals surface area contributed by atoms with Crippen LogP contribution in [0.25, 0.3) is 0 Å². The lowest BCUT2D eigenvalue weighted by Crippen LogP contribution is -2.09. The summed E-state index contributed by atoms with van der Waals surface area (Å²) in [6.45, 7) is 6.05. The van der Waals surface area contributed by atoms with Gasteiger partial charge in [-0.1, -0.05) is 12.7 Å². The van der Waals surface area contributed by atoms with Crippen LogP contribution in [0.1, 0.15) is 12.5 Å². The van der Waals surface area contributed by atoms with Crippen molar-refractivity contribution >= 4 is 15.9 Å². The molecule has 3 nitrogen and oxygen atoms in total. The molecule has 0 aliphatic rings. The van der Waals surface area contributed by atoms with Gasteiger partial charge in [-0.3, -0.25) is 0 Å². The normalized spacial score (nSPS) is 12.0. The number of benzene rings is 1. The highest BCUT2D eigenvalue weighted by atomic mass is 79.9. The van der Waals surface area contributed by atoms with E-state index in [0.717, 1.165) is 10.0 Å². The summed E-state index contributed by atoms with van der Waals surface area (Å²) in [7, 11) is 1.60. The van der Waals surface area contributed by atoms with E-state index in [0.29, 0.717) is 18.0 Å². The van der Waals surface area contributed by atoms with E-state index in [-0.39, 0.29) is 6.10 Å². The van der Waals surface area contributed by atoms with Gasteiger partial charge in [0.15, 0.2) is 11.5 Å². The lowest BCUT2D eigenvalue weighted by Gasteiger charge is -2.16. The van der Waals surface area contributed by atoms with Crippen LogP contribution in [0.3, 0.4) is 0 Å². The van der Waals surface area contributed by atoms with Gasteiger partial charge < -0.3 is 15.2 Å². The molecule has 0 bridgehead atoms. The Morgan fingerprint density at radius 3 is 2.75 bits per heavy atom. The summed E-state index contributed by atoms with van der Waals surface area (Å²) in [5.74, 6) is 1.34. The highest BCUT2D eigenvalue weighted by molar-refractivity contribution is 9.10. The largest absolute Gasteiger partial charge is 0.493 e. The van der Waals surface area contributed by atoms with Gasteiger partial charge in [0.05, 0.1) is 11.6 Å². The molecule has 4 heteroatoms. The molecule has 88 valence electrons. The Labute approximate surface area is 104 Å². The molecule has 0 amide bonds. The van der Waals surface area contributed by atoms with Crippen LogP contribution in [-0.2, 0) is 6.54 Å². The van der Waals surface area contributed by atoms with Crippen molar-refractivity contribution in [3.05, 3.63) is 34.8 Å². The second kappa shape index (κ2) is 5.92. The predicted molar refractivity (Wildman–Crippen MR) is 68.9 cm³/mol.